The number of aromatic nitrogens is 2. The molecule has 0 N–H and O–H groups in total. The molecule has 0 radical (unpaired) electrons. The molecule has 4 nitrogen and oxygen atoms in total. The topological polar surface area (TPSA) is 44.1 Å². The van der Waals surface area contributed by atoms with Gasteiger partial charge < -0.3 is 4.74 Å². The average Bonchev–Trinajstić information content (AvgIpc) is 2.56. The Balaban J connectivity index is 2.82. The highest BCUT2D eigenvalue weighted by molar-refractivity contribution is 6.33. The number of carbonyl (C=O) groups is 1. The second-order valence-corrected chi connectivity index (χ2v) is 3.23. The highest BCUT2D eigenvalue weighted by Gasteiger charge is 2.15. The van der Waals surface area contributed by atoms with Crippen molar-refractivity contribution < 1.29 is 9.53 Å². The summed E-state index contributed by atoms with van der Waals surface area (Å²) in [7, 11) is 1.56. The van der Waals surface area contributed by atoms with Crippen molar-refractivity contribution in [2.24, 2.45) is 0 Å². The van der Waals surface area contributed by atoms with Crippen LogP contribution in [0.5, 0.6) is 0 Å². The van der Waals surface area contributed by atoms with Gasteiger partial charge in [0.15, 0.2) is 5.78 Å². The lowest BCUT2D eigenvalue weighted by atomic mass is 10.2. The second-order valence-electron chi connectivity index (χ2n) is 2.82. The molecule has 1 rings (SSSR count). The van der Waals surface area contributed by atoms with Crippen LogP contribution in [0.4, 0.5) is 0 Å². The third-order valence-electron chi connectivity index (χ3n) is 1.89. The molecule has 0 aliphatic carbocycles. The van der Waals surface area contributed by atoms with E-state index in [4.69, 9.17) is 16.3 Å². The molecule has 78 valence electrons. The molecule has 0 aromatic carbocycles. The average molecular weight is 217 g/mol. The lowest BCUT2D eigenvalue weighted by Crippen LogP contribution is -2.11. The molecule has 0 aliphatic heterocycles. The molecule has 1 heterocycles. The molecule has 0 amide bonds. The Bertz CT molecular complexity index is 323. The van der Waals surface area contributed by atoms with Crippen molar-refractivity contribution >= 4 is 17.4 Å². The van der Waals surface area contributed by atoms with Gasteiger partial charge in [0.05, 0.1) is 17.8 Å². The van der Waals surface area contributed by atoms with Gasteiger partial charge in [0.25, 0.3) is 0 Å². The zero-order chi connectivity index (χ0) is 10.6. The van der Waals surface area contributed by atoms with Gasteiger partial charge >= 0.3 is 0 Å². The number of rotatable bonds is 5. The number of hydrogen-bond donors (Lipinski definition) is 0. The van der Waals surface area contributed by atoms with Gasteiger partial charge in [0, 0.05) is 20.1 Å². The first-order valence-electron chi connectivity index (χ1n) is 4.44. The standard InChI is InChI=1S/C9H13ClN2O2/c1-3-12-9(7(10)6-11-12)8(13)4-5-14-2/h6H,3-5H2,1-2H3. The zero-order valence-corrected chi connectivity index (χ0v) is 9.04. The molecule has 0 aliphatic rings. The molecular weight excluding hydrogens is 204 g/mol. The van der Waals surface area contributed by atoms with Crippen LogP contribution in [-0.2, 0) is 11.3 Å². The summed E-state index contributed by atoms with van der Waals surface area (Å²) in [4.78, 5) is 11.6. The van der Waals surface area contributed by atoms with Crippen LogP contribution in [0.15, 0.2) is 6.20 Å². The van der Waals surface area contributed by atoms with E-state index in [9.17, 15) is 4.79 Å². The van der Waals surface area contributed by atoms with Crippen LogP contribution in [0, 0.1) is 0 Å². The Morgan fingerprint density at radius 1 is 1.71 bits per heavy atom. The number of halogens is 1. The summed E-state index contributed by atoms with van der Waals surface area (Å²) in [6.45, 7) is 2.96. The van der Waals surface area contributed by atoms with Crippen LogP contribution in [0.2, 0.25) is 5.02 Å². The Kier molecular flexibility index (Phi) is 4.10. The molecule has 0 bridgehead atoms. The lowest BCUT2D eigenvalue weighted by molar-refractivity contribution is 0.0922. The molecule has 1 aromatic heterocycles. The van der Waals surface area contributed by atoms with Crippen LogP contribution in [0.3, 0.4) is 0 Å². The summed E-state index contributed by atoms with van der Waals surface area (Å²) in [5, 5.41) is 4.40. The Labute approximate surface area is 87.8 Å². The lowest BCUT2D eigenvalue weighted by Gasteiger charge is -2.03. The van der Waals surface area contributed by atoms with Gasteiger partial charge in [-0.05, 0) is 6.92 Å². The Hall–Kier alpha value is -0.870. The number of ketones is 1. The monoisotopic (exact) mass is 216 g/mol. The van der Waals surface area contributed by atoms with Crippen molar-refractivity contribution in [2.45, 2.75) is 19.9 Å². The first kappa shape index (κ1) is 11.2. The number of hydrogen-bond acceptors (Lipinski definition) is 3. The number of Topliss-reactive ketones (excluding diaryl/α,β-unsaturated/α-hetero) is 1. The van der Waals surface area contributed by atoms with E-state index in [1.54, 1.807) is 11.8 Å². The fourth-order valence-electron chi connectivity index (χ4n) is 1.19. The smallest absolute Gasteiger partial charge is 0.184 e. The van der Waals surface area contributed by atoms with Crippen LogP contribution >= 0.6 is 11.6 Å². The minimum Gasteiger partial charge on any atom is -0.384 e. The maximum atomic E-state index is 11.6. The van der Waals surface area contributed by atoms with Gasteiger partial charge in [-0.3, -0.25) is 9.48 Å². The van der Waals surface area contributed by atoms with Crippen molar-refractivity contribution in [3.8, 4) is 0 Å². The Morgan fingerprint density at radius 3 is 3.00 bits per heavy atom. The largest absolute Gasteiger partial charge is 0.384 e. The van der Waals surface area contributed by atoms with E-state index in [0.29, 0.717) is 30.3 Å². The third-order valence-corrected chi connectivity index (χ3v) is 2.17. The van der Waals surface area contributed by atoms with Crippen LogP contribution in [-0.4, -0.2) is 29.3 Å². The zero-order valence-electron chi connectivity index (χ0n) is 8.29. The van der Waals surface area contributed by atoms with Crippen molar-refractivity contribution in [1.82, 2.24) is 9.78 Å². The predicted octanol–water partition coefficient (Wildman–Crippen LogP) is 1.78. The number of methoxy groups -OCH3 is 1. The minimum absolute atomic E-state index is 0.0313. The first-order chi connectivity index (χ1) is 6.70. The van der Waals surface area contributed by atoms with Crippen molar-refractivity contribution in [3.63, 3.8) is 0 Å². The van der Waals surface area contributed by atoms with E-state index in [1.165, 1.54) is 6.20 Å². The van der Waals surface area contributed by atoms with Crippen LogP contribution in [0.25, 0.3) is 0 Å². The van der Waals surface area contributed by atoms with Gasteiger partial charge in [0.1, 0.15) is 5.69 Å². The van der Waals surface area contributed by atoms with E-state index in [1.807, 2.05) is 6.92 Å². The number of aryl methyl sites for hydroxylation is 1. The summed E-state index contributed by atoms with van der Waals surface area (Å²) in [5.41, 5.74) is 0.478. The number of carbonyl (C=O) groups excluding carboxylic acids is 1. The first-order valence-corrected chi connectivity index (χ1v) is 4.82. The van der Waals surface area contributed by atoms with Crippen molar-refractivity contribution in [3.05, 3.63) is 16.9 Å². The van der Waals surface area contributed by atoms with E-state index in [-0.39, 0.29) is 5.78 Å². The van der Waals surface area contributed by atoms with Gasteiger partial charge in [0.2, 0.25) is 0 Å². The SMILES string of the molecule is CCn1ncc(Cl)c1C(=O)CCOC. The molecule has 0 spiro atoms. The molecule has 0 saturated heterocycles. The van der Waals surface area contributed by atoms with E-state index in [0.717, 1.165) is 0 Å². The maximum absolute atomic E-state index is 11.6. The molecule has 0 saturated carbocycles. The summed E-state index contributed by atoms with van der Waals surface area (Å²) >= 11 is 5.85. The molecule has 5 heteroatoms. The van der Waals surface area contributed by atoms with Gasteiger partial charge in [-0.2, -0.15) is 5.10 Å². The van der Waals surface area contributed by atoms with Crippen LogP contribution in [0.1, 0.15) is 23.8 Å². The minimum atomic E-state index is -0.0313. The van der Waals surface area contributed by atoms with E-state index < -0.39 is 0 Å². The van der Waals surface area contributed by atoms with Crippen molar-refractivity contribution in [2.75, 3.05) is 13.7 Å². The predicted molar refractivity (Wildman–Crippen MR) is 53.7 cm³/mol. The van der Waals surface area contributed by atoms with Crippen LogP contribution < -0.4 is 0 Å². The quantitative estimate of drug-likeness (QED) is 0.705. The number of ether oxygens (including phenoxy) is 1. The molecule has 14 heavy (non-hydrogen) atoms. The summed E-state index contributed by atoms with van der Waals surface area (Å²) in [6.07, 6.45) is 1.83. The second kappa shape index (κ2) is 5.12. The molecule has 0 unspecified atom stereocenters. The van der Waals surface area contributed by atoms with E-state index in [2.05, 4.69) is 5.10 Å². The highest BCUT2D eigenvalue weighted by Crippen LogP contribution is 2.16. The van der Waals surface area contributed by atoms with Gasteiger partial charge in [-0.15, -0.1) is 0 Å². The number of nitrogens with zero attached hydrogens (tertiary/aromatic N) is 2. The molecular formula is C9H13ClN2O2. The van der Waals surface area contributed by atoms with Crippen molar-refractivity contribution in [1.29, 1.82) is 0 Å². The van der Waals surface area contributed by atoms with Gasteiger partial charge in [-0.1, -0.05) is 11.6 Å². The Morgan fingerprint density at radius 2 is 2.43 bits per heavy atom. The highest BCUT2D eigenvalue weighted by atomic mass is 35.5. The molecule has 0 atom stereocenters. The molecule has 1 aromatic rings. The van der Waals surface area contributed by atoms with Gasteiger partial charge in [-0.25, -0.2) is 0 Å². The summed E-state index contributed by atoms with van der Waals surface area (Å²) in [6, 6.07) is 0. The fraction of sp³-hybridized carbons (Fsp3) is 0.556. The maximum Gasteiger partial charge on any atom is 0.184 e. The summed E-state index contributed by atoms with van der Waals surface area (Å²) < 4.78 is 6.43. The summed E-state index contributed by atoms with van der Waals surface area (Å²) in [5.74, 6) is -0.0313. The molecule has 0 fully saturated rings. The van der Waals surface area contributed by atoms with E-state index >= 15 is 0 Å². The fourth-order valence-corrected chi connectivity index (χ4v) is 1.44. The third kappa shape index (κ3) is 2.33. The normalized spacial score (nSPS) is 10.5.